The van der Waals surface area contributed by atoms with Gasteiger partial charge in [0.15, 0.2) is 0 Å². The summed E-state index contributed by atoms with van der Waals surface area (Å²) in [6.07, 6.45) is 20.0. The lowest BCUT2D eigenvalue weighted by molar-refractivity contribution is -0.125. The molecule has 3 rings (SSSR count). The number of nitrogens with one attached hydrogen (secondary N) is 1. The molecule has 1 fully saturated rings. The van der Waals surface area contributed by atoms with Crippen LogP contribution in [-0.4, -0.2) is 25.7 Å². The van der Waals surface area contributed by atoms with Gasteiger partial charge in [-0.15, -0.1) is 0 Å². The quantitative estimate of drug-likeness (QED) is 0.298. The fourth-order valence-corrected chi connectivity index (χ4v) is 4.72. The molecule has 35 heavy (non-hydrogen) atoms. The van der Waals surface area contributed by atoms with Crippen molar-refractivity contribution in [2.45, 2.75) is 70.6 Å². The van der Waals surface area contributed by atoms with Crippen LogP contribution in [0.15, 0.2) is 72.8 Å². The second kappa shape index (κ2) is 16.9. The summed E-state index contributed by atoms with van der Waals surface area (Å²) in [5, 5.41) is 3.15. The summed E-state index contributed by atoms with van der Waals surface area (Å²) >= 11 is 0. The van der Waals surface area contributed by atoms with Gasteiger partial charge in [-0.25, -0.2) is 0 Å². The molecule has 3 nitrogen and oxygen atoms in total. The SMILES string of the molecule is O=C(NCCOCC(=CC=Cc1ccccc1)c1ccccc1)C1CCCCCCCCCCC1. The zero-order valence-corrected chi connectivity index (χ0v) is 21.3. The molecule has 0 spiro atoms. The Bertz CT molecular complexity index is 876. The van der Waals surface area contributed by atoms with Crippen molar-refractivity contribution in [3.05, 3.63) is 83.9 Å². The van der Waals surface area contributed by atoms with Gasteiger partial charge in [-0.05, 0) is 29.5 Å². The van der Waals surface area contributed by atoms with Crippen LogP contribution < -0.4 is 5.32 Å². The zero-order chi connectivity index (χ0) is 24.4. The molecule has 0 heterocycles. The lowest BCUT2D eigenvalue weighted by atomic mass is 9.92. The number of amides is 1. The monoisotopic (exact) mass is 473 g/mol. The highest BCUT2D eigenvalue weighted by Gasteiger charge is 2.17. The highest BCUT2D eigenvalue weighted by atomic mass is 16.5. The number of hydrogen-bond donors (Lipinski definition) is 1. The Balaban J connectivity index is 1.45. The van der Waals surface area contributed by atoms with E-state index in [1.54, 1.807) is 0 Å². The highest BCUT2D eigenvalue weighted by Crippen LogP contribution is 2.21. The molecule has 0 bridgehead atoms. The first kappa shape index (κ1) is 26.9. The van der Waals surface area contributed by atoms with Gasteiger partial charge >= 0.3 is 0 Å². The molecule has 0 unspecified atom stereocenters. The van der Waals surface area contributed by atoms with E-state index < -0.39 is 0 Å². The number of hydrogen-bond acceptors (Lipinski definition) is 2. The molecule has 0 radical (unpaired) electrons. The van der Waals surface area contributed by atoms with Crippen molar-refractivity contribution in [3.8, 4) is 0 Å². The summed E-state index contributed by atoms with van der Waals surface area (Å²) in [5.74, 6) is 0.382. The topological polar surface area (TPSA) is 38.3 Å². The molecule has 2 aromatic rings. The highest BCUT2D eigenvalue weighted by molar-refractivity contribution is 5.78. The molecule has 1 amide bonds. The number of benzene rings is 2. The molecule has 1 aliphatic rings. The van der Waals surface area contributed by atoms with Gasteiger partial charge in [-0.2, -0.15) is 0 Å². The Hall–Kier alpha value is -2.65. The Labute approximate surface area is 212 Å². The van der Waals surface area contributed by atoms with Crippen molar-refractivity contribution in [1.29, 1.82) is 0 Å². The van der Waals surface area contributed by atoms with E-state index in [2.05, 4.69) is 47.8 Å². The summed E-state index contributed by atoms with van der Waals surface area (Å²) in [6.45, 7) is 1.60. The molecule has 0 saturated heterocycles. The molecular formula is C32H43NO2. The van der Waals surface area contributed by atoms with Crippen LogP contribution >= 0.6 is 0 Å². The Morgan fingerprint density at radius 3 is 2.00 bits per heavy atom. The van der Waals surface area contributed by atoms with Gasteiger partial charge in [-0.3, -0.25) is 4.79 Å². The minimum Gasteiger partial charge on any atom is -0.375 e. The molecule has 188 valence electrons. The summed E-state index contributed by atoms with van der Waals surface area (Å²) in [6, 6.07) is 20.6. The molecule has 1 aliphatic carbocycles. The van der Waals surface area contributed by atoms with Gasteiger partial charge in [0.2, 0.25) is 5.91 Å². The van der Waals surface area contributed by atoms with Crippen LogP contribution in [0.5, 0.6) is 0 Å². The smallest absolute Gasteiger partial charge is 0.223 e. The number of ether oxygens (including phenoxy) is 1. The minimum atomic E-state index is 0.164. The summed E-state index contributed by atoms with van der Waals surface area (Å²) in [4.78, 5) is 12.8. The van der Waals surface area contributed by atoms with Gasteiger partial charge in [0.25, 0.3) is 0 Å². The normalized spacial score (nSPS) is 17.0. The van der Waals surface area contributed by atoms with Gasteiger partial charge < -0.3 is 10.1 Å². The van der Waals surface area contributed by atoms with E-state index in [1.807, 2.05) is 36.4 Å². The van der Waals surface area contributed by atoms with Crippen molar-refractivity contribution in [2.24, 2.45) is 5.92 Å². The first-order chi connectivity index (χ1) is 17.3. The number of carbonyl (C=O) groups excluding carboxylic acids is 1. The molecule has 0 aliphatic heterocycles. The minimum absolute atomic E-state index is 0.164. The first-order valence-electron chi connectivity index (χ1n) is 13.7. The molecule has 1 saturated carbocycles. The van der Waals surface area contributed by atoms with Crippen LogP contribution in [0, 0.1) is 5.92 Å². The van der Waals surface area contributed by atoms with E-state index in [9.17, 15) is 4.79 Å². The maximum atomic E-state index is 12.8. The van der Waals surface area contributed by atoms with E-state index in [0.717, 1.165) is 24.0 Å². The van der Waals surface area contributed by atoms with E-state index in [4.69, 9.17) is 4.74 Å². The standard InChI is InChI=1S/C32H43NO2/c34-32(30-22-12-6-4-2-1-3-5-7-13-23-30)33-25-26-35-27-31(29-20-14-9-15-21-29)24-16-19-28-17-10-8-11-18-28/h8-11,14-21,24,30H,1-7,12-13,22-23,25-27H2,(H,33,34). The number of allylic oxidation sites excluding steroid dienone is 2. The predicted molar refractivity (Wildman–Crippen MR) is 148 cm³/mol. The summed E-state index contributed by atoms with van der Waals surface area (Å²) in [7, 11) is 0. The third-order valence-corrected chi connectivity index (χ3v) is 6.81. The van der Waals surface area contributed by atoms with E-state index in [0.29, 0.717) is 19.8 Å². The average Bonchev–Trinajstić information content (AvgIpc) is 2.89. The first-order valence-corrected chi connectivity index (χ1v) is 13.7. The fraction of sp³-hybridized carbons (Fsp3) is 0.469. The van der Waals surface area contributed by atoms with Gasteiger partial charge in [0, 0.05) is 12.5 Å². The molecule has 1 N–H and O–H groups in total. The van der Waals surface area contributed by atoms with Crippen LogP contribution in [0.3, 0.4) is 0 Å². The predicted octanol–water partition coefficient (Wildman–Crippen LogP) is 7.84. The molecule has 0 atom stereocenters. The van der Waals surface area contributed by atoms with Crippen molar-refractivity contribution in [1.82, 2.24) is 5.32 Å². The van der Waals surface area contributed by atoms with Crippen LogP contribution in [0.1, 0.15) is 81.8 Å². The lowest BCUT2D eigenvalue weighted by Crippen LogP contribution is -2.33. The van der Waals surface area contributed by atoms with Crippen LogP contribution in [0.25, 0.3) is 11.6 Å². The Morgan fingerprint density at radius 2 is 1.37 bits per heavy atom. The van der Waals surface area contributed by atoms with Crippen molar-refractivity contribution in [2.75, 3.05) is 19.8 Å². The summed E-state index contributed by atoms with van der Waals surface area (Å²) in [5.41, 5.74) is 3.46. The van der Waals surface area contributed by atoms with Gasteiger partial charge in [0.05, 0.1) is 13.2 Å². The van der Waals surface area contributed by atoms with Crippen LogP contribution in [0.4, 0.5) is 0 Å². The van der Waals surface area contributed by atoms with Crippen molar-refractivity contribution in [3.63, 3.8) is 0 Å². The largest absolute Gasteiger partial charge is 0.375 e. The second-order valence-corrected chi connectivity index (χ2v) is 9.63. The number of rotatable bonds is 9. The Morgan fingerprint density at radius 1 is 0.800 bits per heavy atom. The van der Waals surface area contributed by atoms with Gasteiger partial charge in [-0.1, -0.05) is 137 Å². The van der Waals surface area contributed by atoms with Crippen LogP contribution in [-0.2, 0) is 9.53 Å². The van der Waals surface area contributed by atoms with Crippen molar-refractivity contribution >= 4 is 17.6 Å². The average molecular weight is 474 g/mol. The molecule has 0 aromatic heterocycles. The summed E-state index contributed by atoms with van der Waals surface area (Å²) < 4.78 is 5.99. The maximum absolute atomic E-state index is 12.8. The molecule has 2 aromatic carbocycles. The third kappa shape index (κ3) is 11.1. The van der Waals surface area contributed by atoms with Gasteiger partial charge in [0.1, 0.15) is 0 Å². The number of carbonyl (C=O) groups is 1. The van der Waals surface area contributed by atoms with Crippen molar-refractivity contribution < 1.29 is 9.53 Å². The fourth-order valence-electron chi connectivity index (χ4n) is 4.72. The maximum Gasteiger partial charge on any atom is 0.223 e. The third-order valence-electron chi connectivity index (χ3n) is 6.81. The Kier molecular flexibility index (Phi) is 13.0. The molecule has 3 heteroatoms. The molecular weight excluding hydrogens is 430 g/mol. The zero-order valence-electron chi connectivity index (χ0n) is 21.3. The van der Waals surface area contributed by atoms with E-state index in [-0.39, 0.29) is 11.8 Å². The van der Waals surface area contributed by atoms with Crippen LogP contribution in [0.2, 0.25) is 0 Å². The lowest BCUT2D eigenvalue weighted by Gasteiger charge is -2.18. The second-order valence-electron chi connectivity index (χ2n) is 9.63. The van der Waals surface area contributed by atoms with E-state index >= 15 is 0 Å². The van der Waals surface area contributed by atoms with E-state index in [1.165, 1.54) is 63.4 Å².